The van der Waals surface area contributed by atoms with E-state index in [0.717, 1.165) is 11.4 Å². The molecule has 2 aliphatic heterocycles. The van der Waals surface area contributed by atoms with E-state index < -0.39 is 0 Å². The highest BCUT2D eigenvalue weighted by Crippen LogP contribution is 2.36. The molecule has 0 aliphatic carbocycles. The average Bonchev–Trinajstić information content (AvgIpc) is 3.30. The van der Waals surface area contributed by atoms with Gasteiger partial charge in [-0.25, -0.2) is 0 Å². The second kappa shape index (κ2) is 7.34. The fraction of sp³-hybridized carbons (Fsp3) is 0.400. The van der Waals surface area contributed by atoms with Crippen molar-refractivity contribution in [3.63, 3.8) is 0 Å². The lowest BCUT2D eigenvalue weighted by atomic mass is 10.1. The highest BCUT2D eigenvalue weighted by atomic mass is 16.6. The smallest absolute Gasteiger partial charge is 0.227 e. The molecule has 27 heavy (non-hydrogen) atoms. The van der Waals surface area contributed by atoms with Crippen molar-refractivity contribution < 1.29 is 23.5 Å². The predicted molar refractivity (Wildman–Crippen MR) is 97.9 cm³/mol. The van der Waals surface area contributed by atoms with Crippen LogP contribution in [-0.2, 0) is 16.0 Å². The molecule has 7 heteroatoms. The lowest BCUT2D eigenvalue weighted by Crippen LogP contribution is -2.39. The molecule has 1 N–H and O–H groups in total. The lowest BCUT2D eigenvalue weighted by Gasteiger charge is -2.22. The Morgan fingerprint density at radius 2 is 2.07 bits per heavy atom. The number of ether oxygens (including phenoxy) is 2. The Labute approximate surface area is 157 Å². The van der Waals surface area contributed by atoms with Crippen LogP contribution < -0.4 is 19.7 Å². The molecule has 142 valence electrons. The van der Waals surface area contributed by atoms with Gasteiger partial charge in [0.15, 0.2) is 11.5 Å². The molecule has 2 unspecified atom stereocenters. The molecular formula is C20H22N2O5. The molecule has 3 heterocycles. The number of hydrogen-bond acceptors (Lipinski definition) is 5. The van der Waals surface area contributed by atoms with Gasteiger partial charge in [-0.1, -0.05) is 0 Å². The molecule has 7 nitrogen and oxygen atoms in total. The summed E-state index contributed by atoms with van der Waals surface area (Å²) in [5.74, 6) is 1.59. The summed E-state index contributed by atoms with van der Waals surface area (Å²) in [6, 6.07) is 9.06. The number of anilines is 1. The minimum absolute atomic E-state index is 0.0643. The standard InChI is InChI=1S/C20H22N2O5/c1-13(9-16-3-2-6-25-16)21-20(24)14-10-19(23)22(12-14)15-4-5-17-18(11-15)27-8-7-26-17/h2-6,11,13-14H,7-10,12H2,1H3,(H,21,24). The van der Waals surface area contributed by atoms with Crippen molar-refractivity contribution >= 4 is 17.5 Å². The molecule has 1 aromatic heterocycles. The van der Waals surface area contributed by atoms with Gasteiger partial charge >= 0.3 is 0 Å². The summed E-state index contributed by atoms with van der Waals surface area (Å²) in [6.45, 7) is 3.30. The zero-order chi connectivity index (χ0) is 18.8. The van der Waals surface area contributed by atoms with Crippen LogP contribution in [-0.4, -0.2) is 37.6 Å². The van der Waals surface area contributed by atoms with Crippen LogP contribution in [0.4, 0.5) is 5.69 Å². The topological polar surface area (TPSA) is 81.0 Å². The van der Waals surface area contributed by atoms with Gasteiger partial charge in [0.2, 0.25) is 11.8 Å². The maximum Gasteiger partial charge on any atom is 0.227 e. The first-order valence-electron chi connectivity index (χ1n) is 9.13. The Morgan fingerprint density at radius 3 is 2.85 bits per heavy atom. The second-order valence-corrected chi connectivity index (χ2v) is 6.93. The summed E-state index contributed by atoms with van der Waals surface area (Å²) in [6.07, 6.45) is 2.43. The van der Waals surface area contributed by atoms with Gasteiger partial charge in [-0.2, -0.15) is 0 Å². The average molecular weight is 370 g/mol. The lowest BCUT2D eigenvalue weighted by molar-refractivity contribution is -0.126. The number of fused-ring (bicyclic) bond motifs is 1. The van der Waals surface area contributed by atoms with Gasteiger partial charge in [-0.05, 0) is 31.2 Å². The Bertz CT molecular complexity index is 833. The van der Waals surface area contributed by atoms with E-state index in [0.29, 0.717) is 37.7 Å². The molecule has 2 amide bonds. The number of carbonyl (C=O) groups excluding carboxylic acids is 2. The first-order valence-corrected chi connectivity index (χ1v) is 9.13. The molecule has 0 spiro atoms. The molecule has 2 aromatic rings. The number of nitrogens with zero attached hydrogens (tertiary/aromatic N) is 1. The molecule has 1 saturated heterocycles. The first kappa shape index (κ1) is 17.5. The van der Waals surface area contributed by atoms with E-state index in [2.05, 4.69) is 5.32 Å². The van der Waals surface area contributed by atoms with Crippen LogP contribution in [0.3, 0.4) is 0 Å². The Kier molecular flexibility index (Phi) is 4.75. The molecule has 1 fully saturated rings. The minimum Gasteiger partial charge on any atom is -0.486 e. The van der Waals surface area contributed by atoms with Crippen molar-refractivity contribution in [3.05, 3.63) is 42.4 Å². The van der Waals surface area contributed by atoms with Crippen LogP contribution >= 0.6 is 0 Å². The highest BCUT2D eigenvalue weighted by Gasteiger charge is 2.36. The van der Waals surface area contributed by atoms with E-state index in [9.17, 15) is 9.59 Å². The van der Waals surface area contributed by atoms with Crippen molar-refractivity contribution in [2.75, 3.05) is 24.7 Å². The number of amides is 2. The summed E-state index contributed by atoms with van der Waals surface area (Å²) in [5, 5.41) is 2.98. The molecule has 2 aliphatic rings. The van der Waals surface area contributed by atoms with Crippen LogP contribution in [0.25, 0.3) is 0 Å². The van der Waals surface area contributed by atoms with E-state index >= 15 is 0 Å². The van der Waals surface area contributed by atoms with Crippen molar-refractivity contribution in [3.8, 4) is 11.5 Å². The summed E-state index contributed by atoms with van der Waals surface area (Å²) in [5.41, 5.74) is 0.725. The Hall–Kier alpha value is -2.96. The fourth-order valence-electron chi connectivity index (χ4n) is 3.47. The molecule has 0 saturated carbocycles. The van der Waals surface area contributed by atoms with Gasteiger partial charge in [0.25, 0.3) is 0 Å². The monoisotopic (exact) mass is 370 g/mol. The van der Waals surface area contributed by atoms with Gasteiger partial charge in [0.05, 0.1) is 12.2 Å². The summed E-state index contributed by atoms with van der Waals surface area (Å²) < 4.78 is 16.4. The molecule has 0 radical (unpaired) electrons. The Morgan fingerprint density at radius 1 is 1.26 bits per heavy atom. The summed E-state index contributed by atoms with van der Waals surface area (Å²) in [4.78, 5) is 26.7. The number of rotatable bonds is 5. The second-order valence-electron chi connectivity index (χ2n) is 6.93. The summed E-state index contributed by atoms with van der Waals surface area (Å²) >= 11 is 0. The third-order valence-electron chi connectivity index (χ3n) is 4.81. The predicted octanol–water partition coefficient (Wildman–Crippen LogP) is 2.15. The van der Waals surface area contributed by atoms with E-state index in [4.69, 9.17) is 13.9 Å². The normalized spacial score (nSPS) is 19.8. The first-order chi connectivity index (χ1) is 13.1. The van der Waals surface area contributed by atoms with Crippen LogP contribution in [0.15, 0.2) is 41.0 Å². The zero-order valence-corrected chi connectivity index (χ0v) is 15.1. The number of furan rings is 1. The van der Waals surface area contributed by atoms with Crippen molar-refractivity contribution in [1.82, 2.24) is 5.32 Å². The number of carbonyl (C=O) groups is 2. The van der Waals surface area contributed by atoms with E-state index in [1.165, 1.54) is 0 Å². The third kappa shape index (κ3) is 3.77. The van der Waals surface area contributed by atoms with Crippen LogP contribution in [0, 0.1) is 5.92 Å². The van der Waals surface area contributed by atoms with E-state index in [1.54, 1.807) is 23.3 Å². The molecule has 1 aromatic carbocycles. The zero-order valence-electron chi connectivity index (χ0n) is 15.1. The molecule has 2 atom stereocenters. The van der Waals surface area contributed by atoms with Gasteiger partial charge in [-0.15, -0.1) is 0 Å². The number of benzene rings is 1. The third-order valence-corrected chi connectivity index (χ3v) is 4.81. The van der Waals surface area contributed by atoms with Crippen LogP contribution in [0.5, 0.6) is 11.5 Å². The summed E-state index contributed by atoms with van der Waals surface area (Å²) in [7, 11) is 0. The largest absolute Gasteiger partial charge is 0.486 e. The van der Waals surface area contributed by atoms with Gasteiger partial charge in [0.1, 0.15) is 19.0 Å². The SMILES string of the molecule is CC(Cc1ccco1)NC(=O)C1CC(=O)N(c2ccc3c(c2)OCCO3)C1. The minimum atomic E-state index is -0.371. The molecular weight excluding hydrogens is 348 g/mol. The van der Waals surface area contributed by atoms with E-state index in [-0.39, 0.29) is 30.2 Å². The van der Waals surface area contributed by atoms with Crippen LogP contribution in [0.2, 0.25) is 0 Å². The van der Waals surface area contributed by atoms with Crippen molar-refractivity contribution in [1.29, 1.82) is 0 Å². The molecule has 0 bridgehead atoms. The van der Waals surface area contributed by atoms with E-state index in [1.807, 2.05) is 25.1 Å². The number of nitrogens with one attached hydrogen (secondary N) is 1. The number of hydrogen-bond donors (Lipinski definition) is 1. The molecule has 4 rings (SSSR count). The van der Waals surface area contributed by atoms with Crippen LogP contribution in [0.1, 0.15) is 19.1 Å². The fourth-order valence-corrected chi connectivity index (χ4v) is 3.47. The quantitative estimate of drug-likeness (QED) is 0.872. The van der Waals surface area contributed by atoms with Gasteiger partial charge in [0, 0.05) is 37.2 Å². The van der Waals surface area contributed by atoms with Crippen molar-refractivity contribution in [2.24, 2.45) is 5.92 Å². The van der Waals surface area contributed by atoms with Gasteiger partial charge in [-0.3, -0.25) is 9.59 Å². The Balaban J connectivity index is 1.39. The van der Waals surface area contributed by atoms with Gasteiger partial charge < -0.3 is 24.1 Å². The maximum atomic E-state index is 12.6. The highest BCUT2D eigenvalue weighted by molar-refractivity contribution is 6.00. The maximum absolute atomic E-state index is 12.6. The van der Waals surface area contributed by atoms with Crippen molar-refractivity contribution in [2.45, 2.75) is 25.8 Å².